The zero-order valence-electron chi connectivity index (χ0n) is 11.9. The lowest BCUT2D eigenvalue weighted by Crippen LogP contribution is -2.25. The van der Waals surface area contributed by atoms with Crippen LogP contribution in [0.15, 0.2) is 36.4 Å². The molecule has 2 rings (SSSR count). The number of rotatable bonds is 2. The van der Waals surface area contributed by atoms with E-state index in [9.17, 15) is 0 Å². The summed E-state index contributed by atoms with van der Waals surface area (Å²) in [7, 11) is 0. The Labute approximate surface area is 111 Å². The molecule has 0 heterocycles. The first-order valence-electron chi connectivity index (χ1n) is 6.92. The molecule has 0 bridgehead atoms. The molecule has 2 heteroatoms. The minimum absolute atomic E-state index is 0.169. The molecule has 2 nitrogen and oxygen atoms in total. The van der Waals surface area contributed by atoms with E-state index in [0.29, 0.717) is 6.10 Å². The summed E-state index contributed by atoms with van der Waals surface area (Å²) in [6.07, 6.45) is 6.61. The molecule has 1 aliphatic rings. The number of hydrogen-bond donors (Lipinski definition) is 0. The highest BCUT2D eigenvalue weighted by molar-refractivity contribution is 4.99. The molecule has 0 atom stereocenters. The predicted molar refractivity (Wildman–Crippen MR) is 75.2 cm³/mol. The molecular formula is C16H26O2. The molecule has 0 saturated heterocycles. The fourth-order valence-corrected chi connectivity index (χ4v) is 1.76. The highest BCUT2D eigenvalue weighted by Crippen LogP contribution is 2.22. The SMILES string of the molecule is CC(C)(C)OOC1CCCCC1.c1ccccc1. The van der Waals surface area contributed by atoms with Crippen molar-refractivity contribution in [1.29, 1.82) is 0 Å². The van der Waals surface area contributed by atoms with Crippen LogP contribution >= 0.6 is 0 Å². The third-order valence-electron chi connectivity index (χ3n) is 2.65. The molecule has 1 aliphatic carbocycles. The summed E-state index contributed by atoms with van der Waals surface area (Å²) in [5.41, 5.74) is -0.169. The van der Waals surface area contributed by atoms with E-state index in [1.165, 1.54) is 19.3 Å². The minimum Gasteiger partial charge on any atom is -0.233 e. The Hall–Kier alpha value is -0.860. The van der Waals surface area contributed by atoms with Gasteiger partial charge in [0.2, 0.25) is 0 Å². The smallest absolute Gasteiger partial charge is 0.0952 e. The van der Waals surface area contributed by atoms with Crippen LogP contribution in [0.2, 0.25) is 0 Å². The van der Waals surface area contributed by atoms with Gasteiger partial charge in [-0.25, -0.2) is 9.78 Å². The van der Waals surface area contributed by atoms with Crippen molar-refractivity contribution >= 4 is 0 Å². The maximum Gasteiger partial charge on any atom is 0.0952 e. The molecule has 18 heavy (non-hydrogen) atoms. The zero-order chi connectivity index (χ0) is 13.3. The Morgan fingerprint density at radius 2 is 1.22 bits per heavy atom. The molecule has 1 aromatic rings. The quantitative estimate of drug-likeness (QED) is 0.557. The highest BCUT2D eigenvalue weighted by Gasteiger charge is 2.18. The van der Waals surface area contributed by atoms with E-state index in [0.717, 1.165) is 12.8 Å². The van der Waals surface area contributed by atoms with Gasteiger partial charge in [0, 0.05) is 0 Å². The van der Waals surface area contributed by atoms with Gasteiger partial charge >= 0.3 is 0 Å². The van der Waals surface area contributed by atoms with E-state index in [2.05, 4.69) is 0 Å². The maximum absolute atomic E-state index is 5.35. The molecule has 0 amide bonds. The van der Waals surface area contributed by atoms with E-state index in [1.54, 1.807) is 0 Å². The van der Waals surface area contributed by atoms with Crippen molar-refractivity contribution in [2.75, 3.05) is 0 Å². The molecule has 0 aromatic heterocycles. The summed E-state index contributed by atoms with van der Waals surface area (Å²) in [6, 6.07) is 12.0. The fourth-order valence-electron chi connectivity index (χ4n) is 1.76. The van der Waals surface area contributed by atoms with Gasteiger partial charge < -0.3 is 0 Å². The van der Waals surface area contributed by atoms with Crippen LogP contribution in [0.5, 0.6) is 0 Å². The lowest BCUT2D eigenvalue weighted by Gasteiger charge is -2.25. The Bertz CT molecular complexity index is 257. The van der Waals surface area contributed by atoms with Crippen LogP contribution < -0.4 is 0 Å². The van der Waals surface area contributed by atoms with Crippen molar-refractivity contribution in [2.45, 2.75) is 64.6 Å². The van der Waals surface area contributed by atoms with Gasteiger partial charge in [-0.05, 0) is 33.6 Å². The molecule has 102 valence electrons. The molecule has 0 N–H and O–H groups in total. The van der Waals surface area contributed by atoms with E-state index < -0.39 is 0 Å². The molecular weight excluding hydrogens is 224 g/mol. The zero-order valence-corrected chi connectivity index (χ0v) is 11.9. The summed E-state index contributed by atoms with van der Waals surface area (Å²) >= 11 is 0. The first-order valence-corrected chi connectivity index (χ1v) is 6.92. The first kappa shape index (κ1) is 15.2. The van der Waals surface area contributed by atoms with Crippen LogP contribution in [-0.2, 0) is 9.78 Å². The van der Waals surface area contributed by atoms with Crippen LogP contribution in [0.4, 0.5) is 0 Å². The van der Waals surface area contributed by atoms with Crippen molar-refractivity contribution in [2.24, 2.45) is 0 Å². The molecule has 1 saturated carbocycles. The normalized spacial score (nSPS) is 16.8. The third kappa shape index (κ3) is 8.26. The van der Waals surface area contributed by atoms with Crippen molar-refractivity contribution < 1.29 is 9.78 Å². The van der Waals surface area contributed by atoms with Crippen LogP contribution in [-0.4, -0.2) is 11.7 Å². The largest absolute Gasteiger partial charge is 0.233 e. The van der Waals surface area contributed by atoms with Crippen molar-refractivity contribution in [1.82, 2.24) is 0 Å². The summed E-state index contributed by atoms with van der Waals surface area (Å²) in [6.45, 7) is 6.03. The van der Waals surface area contributed by atoms with E-state index in [1.807, 2.05) is 57.2 Å². The van der Waals surface area contributed by atoms with Gasteiger partial charge in [-0.2, -0.15) is 0 Å². The standard InChI is InChI=1S/C10H20O2.C6H6/c1-10(2,3)12-11-9-7-5-4-6-8-9;1-2-4-6-5-3-1/h9H,4-8H2,1-3H3;1-6H. The average Bonchev–Trinajstić information content (AvgIpc) is 2.40. The van der Waals surface area contributed by atoms with Crippen LogP contribution in [0, 0.1) is 0 Å². The minimum atomic E-state index is -0.169. The van der Waals surface area contributed by atoms with Crippen LogP contribution in [0.1, 0.15) is 52.9 Å². The van der Waals surface area contributed by atoms with E-state index in [4.69, 9.17) is 9.78 Å². The summed E-state index contributed by atoms with van der Waals surface area (Å²) < 4.78 is 0. The maximum atomic E-state index is 5.35. The second-order valence-corrected chi connectivity index (χ2v) is 5.71. The molecule has 1 fully saturated rings. The average molecular weight is 250 g/mol. The van der Waals surface area contributed by atoms with Gasteiger partial charge in [0.1, 0.15) is 0 Å². The van der Waals surface area contributed by atoms with Crippen molar-refractivity contribution in [3.63, 3.8) is 0 Å². The van der Waals surface area contributed by atoms with Gasteiger partial charge in [0.15, 0.2) is 0 Å². The molecule has 0 spiro atoms. The number of benzene rings is 1. The van der Waals surface area contributed by atoms with Gasteiger partial charge in [-0.15, -0.1) is 0 Å². The molecule has 1 aromatic carbocycles. The fraction of sp³-hybridized carbons (Fsp3) is 0.625. The third-order valence-corrected chi connectivity index (χ3v) is 2.65. The van der Waals surface area contributed by atoms with Gasteiger partial charge in [-0.1, -0.05) is 55.7 Å². The van der Waals surface area contributed by atoms with Crippen molar-refractivity contribution in [3.8, 4) is 0 Å². The molecule has 0 unspecified atom stereocenters. The second-order valence-electron chi connectivity index (χ2n) is 5.71. The summed E-state index contributed by atoms with van der Waals surface area (Å²) in [5, 5.41) is 0. The molecule has 0 radical (unpaired) electrons. The Kier molecular flexibility index (Phi) is 6.99. The van der Waals surface area contributed by atoms with E-state index in [-0.39, 0.29) is 5.60 Å². The second kappa shape index (κ2) is 8.28. The topological polar surface area (TPSA) is 18.5 Å². The number of hydrogen-bond acceptors (Lipinski definition) is 2. The lowest BCUT2D eigenvalue weighted by atomic mass is 9.98. The monoisotopic (exact) mass is 250 g/mol. The Morgan fingerprint density at radius 3 is 1.61 bits per heavy atom. The summed E-state index contributed by atoms with van der Waals surface area (Å²) in [5.74, 6) is 0. The Balaban J connectivity index is 0.000000225. The summed E-state index contributed by atoms with van der Waals surface area (Å²) in [4.78, 5) is 10.6. The van der Waals surface area contributed by atoms with Crippen molar-refractivity contribution in [3.05, 3.63) is 36.4 Å². The van der Waals surface area contributed by atoms with Gasteiger partial charge in [0.25, 0.3) is 0 Å². The van der Waals surface area contributed by atoms with Gasteiger partial charge in [-0.3, -0.25) is 0 Å². The highest BCUT2D eigenvalue weighted by atomic mass is 17.2. The van der Waals surface area contributed by atoms with Crippen LogP contribution in [0.25, 0.3) is 0 Å². The van der Waals surface area contributed by atoms with Gasteiger partial charge in [0.05, 0.1) is 11.7 Å². The molecule has 0 aliphatic heterocycles. The van der Waals surface area contributed by atoms with Crippen LogP contribution in [0.3, 0.4) is 0 Å². The Morgan fingerprint density at radius 1 is 0.778 bits per heavy atom. The first-order chi connectivity index (χ1) is 8.58. The lowest BCUT2D eigenvalue weighted by molar-refractivity contribution is -0.376. The predicted octanol–water partition coefficient (Wildman–Crippen LogP) is 4.75. The van der Waals surface area contributed by atoms with E-state index >= 15 is 0 Å².